The highest BCUT2D eigenvalue weighted by Crippen LogP contribution is 2.25. The van der Waals surface area contributed by atoms with E-state index < -0.39 is 0 Å². The first-order valence-electron chi connectivity index (χ1n) is 5.75. The fraction of sp³-hybridized carbons (Fsp3) is 0.462. The van der Waals surface area contributed by atoms with Gasteiger partial charge in [-0.05, 0) is 50.5 Å². The summed E-state index contributed by atoms with van der Waals surface area (Å²) in [5.74, 6) is 1.87. The summed E-state index contributed by atoms with van der Waals surface area (Å²) >= 11 is 0. The number of nitrogens with one attached hydrogen (secondary N) is 1. The van der Waals surface area contributed by atoms with Crippen LogP contribution in [-0.4, -0.2) is 19.0 Å². The predicted octanol–water partition coefficient (Wildman–Crippen LogP) is 3.08. The third-order valence-corrected chi connectivity index (χ3v) is 2.87. The van der Waals surface area contributed by atoms with Gasteiger partial charge in [0, 0.05) is 12.7 Å². The van der Waals surface area contributed by atoms with E-state index in [1.807, 2.05) is 31.2 Å². The van der Waals surface area contributed by atoms with Crippen LogP contribution in [0.25, 0.3) is 0 Å². The molecule has 0 spiro atoms. The Hall–Kier alpha value is -1.51. The molecule has 86 valence electrons. The lowest BCUT2D eigenvalue weighted by Crippen LogP contribution is -2.24. The summed E-state index contributed by atoms with van der Waals surface area (Å²) in [5, 5.41) is 3.19. The highest BCUT2D eigenvalue weighted by molar-refractivity contribution is 5.93. The van der Waals surface area contributed by atoms with Gasteiger partial charge in [-0.1, -0.05) is 0 Å². The largest absolute Gasteiger partial charge is 0.490 e. The Bertz CT molecular complexity index is 366. The summed E-state index contributed by atoms with van der Waals surface area (Å²) in [6, 6.07) is 8.04. The molecule has 16 heavy (non-hydrogen) atoms. The fourth-order valence-electron chi connectivity index (χ4n) is 1.56. The van der Waals surface area contributed by atoms with E-state index in [0.29, 0.717) is 6.10 Å². The molecular formula is C13H18N2O. The van der Waals surface area contributed by atoms with Crippen LogP contribution in [0.15, 0.2) is 29.3 Å². The third-order valence-electron chi connectivity index (χ3n) is 2.87. The standard InChI is InChI=1S/C13H18N2O/c1-10(14-2)15-11-6-8-13(9-7-11)16-12-4-3-5-12/h6-9,12H,3-5H2,1-2H3,(H,14,15). The van der Waals surface area contributed by atoms with Crippen molar-refractivity contribution in [2.45, 2.75) is 32.3 Å². The van der Waals surface area contributed by atoms with E-state index >= 15 is 0 Å². The van der Waals surface area contributed by atoms with Crippen LogP contribution in [0.2, 0.25) is 0 Å². The molecule has 0 bridgehead atoms. The van der Waals surface area contributed by atoms with Crippen molar-refractivity contribution in [3.63, 3.8) is 0 Å². The Morgan fingerprint density at radius 2 is 2.00 bits per heavy atom. The van der Waals surface area contributed by atoms with Crippen LogP contribution in [0.5, 0.6) is 5.75 Å². The Kier molecular flexibility index (Phi) is 3.44. The van der Waals surface area contributed by atoms with E-state index in [1.165, 1.54) is 19.3 Å². The summed E-state index contributed by atoms with van der Waals surface area (Å²) in [6.45, 7) is 1.94. The van der Waals surface area contributed by atoms with Crippen LogP contribution < -0.4 is 10.1 Å². The Morgan fingerprint density at radius 1 is 1.31 bits per heavy atom. The first-order valence-corrected chi connectivity index (χ1v) is 5.75. The molecule has 0 atom stereocenters. The summed E-state index contributed by atoms with van der Waals surface area (Å²) in [7, 11) is 1.77. The summed E-state index contributed by atoms with van der Waals surface area (Å²) in [4.78, 5) is 4.05. The molecular weight excluding hydrogens is 200 g/mol. The van der Waals surface area contributed by atoms with Crippen LogP contribution in [0.3, 0.4) is 0 Å². The van der Waals surface area contributed by atoms with E-state index in [-0.39, 0.29) is 0 Å². The lowest BCUT2D eigenvalue weighted by Gasteiger charge is -2.26. The molecule has 0 radical (unpaired) electrons. The molecule has 1 aromatic rings. The maximum atomic E-state index is 5.78. The van der Waals surface area contributed by atoms with Crippen molar-refractivity contribution in [2.24, 2.45) is 4.99 Å². The molecule has 1 saturated carbocycles. The van der Waals surface area contributed by atoms with Crippen molar-refractivity contribution in [3.05, 3.63) is 24.3 Å². The van der Waals surface area contributed by atoms with E-state index in [4.69, 9.17) is 4.74 Å². The van der Waals surface area contributed by atoms with Gasteiger partial charge in [-0.25, -0.2) is 0 Å². The van der Waals surface area contributed by atoms with Crippen molar-refractivity contribution >= 4 is 11.5 Å². The zero-order valence-corrected chi connectivity index (χ0v) is 9.86. The van der Waals surface area contributed by atoms with Crippen molar-refractivity contribution in [1.29, 1.82) is 0 Å². The van der Waals surface area contributed by atoms with E-state index in [9.17, 15) is 0 Å². The molecule has 0 aliphatic heterocycles. The van der Waals surface area contributed by atoms with E-state index in [2.05, 4.69) is 10.3 Å². The minimum atomic E-state index is 0.442. The molecule has 1 aliphatic rings. The second-order valence-electron chi connectivity index (χ2n) is 4.13. The highest BCUT2D eigenvalue weighted by atomic mass is 16.5. The lowest BCUT2D eigenvalue weighted by molar-refractivity contribution is 0.120. The molecule has 2 rings (SSSR count). The third kappa shape index (κ3) is 2.75. The second-order valence-corrected chi connectivity index (χ2v) is 4.13. The first-order chi connectivity index (χ1) is 7.78. The number of hydrogen-bond donors (Lipinski definition) is 1. The highest BCUT2D eigenvalue weighted by Gasteiger charge is 2.18. The zero-order valence-electron chi connectivity index (χ0n) is 9.86. The van der Waals surface area contributed by atoms with Gasteiger partial charge in [0.2, 0.25) is 0 Å². The average Bonchev–Trinajstić information content (AvgIpc) is 2.25. The minimum Gasteiger partial charge on any atom is -0.490 e. The Balaban J connectivity index is 1.93. The van der Waals surface area contributed by atoms with Crippen molar-refractivity contribution in [2.75, 3.05) is 12.4 Å². The molecule has 0 heterocycles. The molecule has 1 N–H and O–H groups in total. The lowest BCUT2D eigenvalue weighted by atomic mass is 9.96. The SMILES string of the molecule is CN=C(C)Nc1ccc(OC2CCC2)cc1. The maximum Gasteiger partial charge on any atom is 0.119 e. The van der Waals surface area contributed by atoms with Crippen LogP contribution in [0.1, 0.15) is 26.2 Å². The van der Waals surface area contributed by atoms with Gasteiger partial charge in [0.1, 0.15) is 5.75 Å². The van der Waals surface area contributed by atoms with Crippen LogP contribution in [-0.2, 0) is 0 Å². The van der Waals surface area contributed by atoms with E-state index in [0.717, 1.165) is 17.3 Å². The fourth-order valence-corrected chi connectivity index (χ4v) is 1.56. The Morgan fingerprint density at radius 3 is 2.50 bits per heavy atom. The maximum absolute atomic E-state index is 5.78. The summed E-state index contributed by atoms with van der Waals surface area (Å²) in [5.41, 5.74) is 1.05. The van der Waals surface area contributed by atoms with Gasteiger partial charge in [0.15, 0.2) is 0 Å². The summed E-state index contributed by atoms with van der Waals surface area (Å²) < 4.78 is 5.78. The van der Waals surface area contributed by atoms with Gasteiger partial charge in [-0.3, -0.25) is 4.99 Å². The minimum absolute atomic E-state index is 0.442. The van der Waals surface area contributed by atoms with Gasteiger partial charge < -0.3 is 10.1 Å². The van der Waals surface area contributed by atoms with Crippen molar-refractivity contribution < 1.29 is 4.74 Å². The van der Waals surface area contributed by atoms with Crippen molar-refractivity contribution in [1.82, 2.24) is 0 Å². The number of benzene rings is 1. The monoisotopic (exact) mass is 218 g/mol. The quantitative estimate of drug-likeness (QED) is 0.625. The number of amidine groups is 1. The van der Waals surface area contributed by atoms with Crippen LogP contribution in [0.4, 0.5) is 5.69 Å². The molecule has 0 amide bonds. The number of aliphatic imine (C=N–C) groups is 1. The molecule has 1 aromatic carbocycles. The molecule has 3 nitrogen and oxygen atoms in total. The smallest absolute Gasteiger partial charge is 0.119 e. The molecule has 3 heteroatoms. The number of nitrogens with zero attached hydrogens (tertiary/aromatic N) is 1. The molecule has 0 unspecified atom stereocenters. The first kappa shape index (κ1) is 11.0. The molecule has 1 aliphatic carbocycles. The van der Waals surface area contributed by atoms with Crippen LogP contribution in [0, 0.1) is 0 Å². The second kappa shape index (κ2) is 5.01. The normalized spacial score (nSPS) is 16.8. The predicted molar refractivity (Wildman–Crippen MR) is 67.4 cm³/mol. The summed E-state index contributed by atoms with van der Waals surface area (Å²) in [6.07, 6.45) is 4.14. The topological polar surface area (TPSA) is 33.6 Å². The number of anilines is 1. The molecule has 1 fully saturated rings. The zero-order chi connectivity index (χ0) is 11.4. The van der Waals surface area contributed by atoms with Crippen molar-refractivity contribution in [3.8, 4) is 5.75 Å². The van der Waals surface area contributed by atoms with Gasteiger partial charge in [-0.15, -0.1) is 0 Å². The van der Waals surface area contributed by atoms with Crippen LogP contribution >= 0.6 is 0 Å². The number of hydrogen-bond acceptors (Lipinski definition) is 2. The molecule has 0 aromatic heterocycles. The van der Waals surface area contributed by atoms with Gasteiger partial charge >= 0.3 is 0 Å². The average molecular weight is 218 g/mol. The van der Waals surface area contributed by atoms with Gasteiger partial charge in [0.25, 0.3) is 0 Å². The van der Waals surface area contributed by atoms with E-state index in [1.54, 1.807) is 7.05 Å². The Labute approximate surface area is 96.5 Å². The van der Waals surface area contributed by atoms with Gasteiger partial charge in [0.05, 0.1) is 11.9 Å². The number of rotatable bonds is 3. The number of ether oxygens (including phenoxy) is 1. The molecule has 0 saturated heterocycles. The van der Waals surface area contributed by atoms with Gasteiger partial charge in [-0.2, -0.15) is 0 Å².